The van der Waals surface area contributed by atoms with Crippen LogP contribution < -0.4 is 10.6 Å². The number of hydrogen-bond acceptors (Lipinski definition) is 6. The average molecular weight is 419 g/mol. The Morgan fingerprint density at radius 3 is 2.69 bits per heavy atom. The number of imide groups is 1. The molecule has 2 N–H and O–H groups in total. The summed E-state index contributed by atoms with van der Waals surface area (Å²) in [6.07, 6.45) is 1.60. The number of anilines is 1. The minimum absolute atomic E-state index is 0.175. The summed E-state index contributed by atoms with van der Waals surface area (Å²) in [6, 6.07) is 5.62. The van der Waals surface area contributed by atoms with E-state index < -0.39 is 42.0 Å². The number of ether oxygens (including phenoxy) is 1. The molecule has 10 heteroatoms. The van der Waals surface area contributed by atoms with Crippen LogP contribution in [0.3, 0.4) is 0 Å². The molecule has 3 rings (SSSR count). The maximum absolute atomic E-state index is 12.5. The zero-order chi connectivity index (χ0) is 21.2. The summed E-state index contributed by atoms with van der Waals surface area (Å²) >= 11 is 5.92. The average Bonchev–Trinajstić information content (AvgIpc) is 3.22. The number of carbonyl (C=O) groups is 4. The number of carbonyl (C=O) groups excluding carboxylic acids is 4. The summed E-state index contributed by atoms with van der Waals surface area (Å²) in [4.78, 5) is 49.9. The van der Waals surface area contributed by atoms with E-state index in [4.69, 9.17) is 21.6 Å². The Morgan fingerprint density at radius 1 is 1.38 bits per heavy atom. The van der Waals surface area contributed by atoms with Crippen molar-refractivity contribution < 1.29 is 23.9 Å². The molecule has 1 atom stereocenters. The smallest absolute Gasteiger partial charge is 0.327 e. The van der Waals surface area contributed by atoms with Crippen molar-refractivity contribution in [3.8, 4) is 6.07 Å². The van der Waals surface area contributed by atoms with Crippen LogP contribution in [0, 0.1) is 11.3 Å². The number of hydrogen-bond donors (Lipinski definition) is 2. The fourth-order valence-electron chi connectivity index (χ4n) is 3.48. The molecule has 0 bridgehead atoms. The van der Waals surface area contributed by atoms with Gasteiger partial charge in [0.05, 0.1) is 10.6 Å². The second kappa shape index (κ2) is 8.09. The van der Waals surface area contributed by atoms with Gasteiger partial charge in [-0.3, -0.25) is 19.3 Å². The van der Waals surface area contributed by atoms with Crippen molar-refractivity contribution in [2.75, 3.05) is 11.9 Å². The molecule has 0 unspecified atom stereocenters. The van der Waals surface area contributed by atoms with Crippen molar-refractivity contribution in [1.29, 1.82) is 5.26 Å². The summed E-state index contributed by atoms with van der Waals surface area (Å²) in [7, 11) is 0. The second-order valence-corrected chi connectivity index (χ2v) is 7.45. The predicted octanol–water partition coefficient (Wildman–Crippen LogP) is 1.95. The summed E-state index contributed by atoms with van der Waals surface area (Å²) < 4.78 is 5.06. The highest BCUT2D eigenvalue weighted by Crippen LogP contribution is 2.34. The van der Waals surface area contributed by atoms with Crippen molar-refractivity contribution in [1.82, 2.24) is 10.2 Å². The summed E-state index contributed by atoms with van der Waals surface area (Å²) in [5.41, 5.74) is -0.313. The van der Waals surface area contributed by atoms with Gasteiger partial charge in [-0.15, -0.1) is 0 Å². The third-order valence-electron chi connectivity index (χ3n) is 5.02. The van der Waals surface area contributed by atoms with Crippen molar-refractivity contribution in [2.24, 2.45) is 0 Å². The first-order chi connectivity index (χ1) is 13.8. The van der Waals surface area contributed by atoms with E-state index in [2.05, 4.69) is 10.6 Å². The summed E-state index contributed by atoms with van der Waals surface area (Å²) in [5, 5.41) is 14.2. The molecule has 2 fully saturated rings. The van der Waals surface area contributed by atoms with Gasteiger partial charge in [-0.05, 0) is 38.0 Å². The molecule has 1 aromatic carbocycles. The van der Waals surface area contributed by atoms with Crippen LogP contribution in [0.1, 0.15) is 38.2 Å². The molecule has 0 aromatic heterocycles. The normalized spacial score (nSPS) is 18.3. The molecule has 152 valence electrons. The highest BCUT2D eigenvalue weighted by molar-refractivity contribution is 6.32. The van der Waals surface area contributed by atoms with Gasteiger partial charge in [-0.1, -0.05) is 24.4 Å². The first kappa shape index (κ1) is 20.6. The SMILES string of the molecule is C[C@H](OC(=O)CN1C(=O)NC2(CCCC2)C1=O)C(=O)Nc1ccc(C#N)c(Cl)c1. The topological polar surface area (TPSA) is 129 Å². The minimum atomic E-state index is -1.17. The maximum Gasteiger partial charge on any atom is 0.327 e. The highest BCUT2D eigenvalue weighted by Gasteiger charge is 2.52. The van der Waals surface area contributed by atoms with Crippen LogP contribution in [0.15, 0.2) is 18.2 Å². The molecule has 2 aliphatic rings. The van der Waals surface area contributed by atoms with E-state index in [1.165, 1.54) is 25.1 Å². The number of benzene rings is 1. The molecule has 1 saturated carbocycles. The Labute approximate surface area is 171 Å². The molecule has 1 spiro atoms. The predicted molar refractivity (Wildman–Crippen MR) is 102 cm³/mol. The standard InChI is InChI=1S/C19H19ClN4O5/c1-11(16(26)22-13-5-4-12(9-21)14(20)8-13)29-15(25)10-24-17(27)19(23-18(24)28)6-2-3-7-19/h4-5,8,11H,2-3,6-7,10H2,1H3,(H,22,26)(H,23,28)/t11-/m0/s1. The number of rotatable bonds is 5. The van der Waals surface area contributed by atoms with Gasteiger partial charge in [0, 0.05) is 5.69 Å². The lowest BCUT2D eigenvalue weighted by atomic mass is 9.98. The van der Waals surface area contributed by atoms with Crippen LogP contribution in [-0.2, 0) is 19.1 Å². The number of esters is 1. The number of urea groups is 1. The maximum atomic E-state index is 12.5. The van der Waals surface area contributed by atoms with E-state index in [1.807, 2.05) is 6.07 Å². The lowest BCUT2D eigenvalue weighted by Crippen LogP contribution is -2.44. The van der Waals surface area contributed by atoms with Gasteiger partial charge in [0.1, 0.15) is 18.2 Å². The number of nitriles is 1. The van der Waals surface area contributed by atoms with Crippen molar-refractivity contribution in [3.63, 3.8) is 0 Å². The quantitative estimate of drug-likeness (QED) is 0.555. The Morgan fingerprint density at radius 2 is 2.07 bits per heavy atom. The van der Waals surface area contributed by atoms with Crippen LogP contribution in [-0.4, -0.2) is 46.9 Å². The summed E-state index contributed by atoms with van der Waals surface area (Å²) in [5.74, 6) is -1.92. The zero-order valence-corrected chi connectivity index (χ0v) is 16.4. The van der Waals surface area contributed by atoms with Gasteiger partial charge in [-0.25, -0.2) is 4.79 Å². The lowest BCUT2D eigenvalue weighted by Gasteiger charge is -2.20. The first-order valence-corrected chi connectivity index (χ1v) is 9.48. The van der Waals surface area contributed by atoms with E-state index in [-0.39, 0.29) is 10.6 Å². The van der Waals surface area contributed by atoms with Crippen LogP contribution in [0.2, 0.25) is 5.02 Å². The molecule has 9 nitrogen and oxygen atoms in total. The van der Waals surface area contributed by atoms with E-state index in [0.29, 0.717) is 18.5 Å². The number of nitrogens with one attached hydrogen (secondary N) is 2. The largest absolute Gasteiger partial charge is 0.451 e. The lowest BCUT2D eigenvalue weighted by molar-refractivity contribution is -0.155. The molecule has 1 aliphatic heterocycles. The Hall–Kier alpha value is -3.12. The van der Waals surface area contributed by atoms with Gasteiger partial charge < -0.3 is 15.4 Å². The fraction of sp³-hybridized carbons (Fsp3) is 0.421. The third-order valence-corrected chi connectivity index (χ3v) is 5.34. The molecule has 1 heterocycles. The molecule has 29 heavy (non-hydrogen) atoms. The highest BCUT2D eigenvalue weighted by atomic mass is 35.5. The Kier molecular flexibility index (Phi) is 5.75. The molecule has 1 saturated heterocycles. The van der Waals surface area contributed by atoms with Crippen molar-refractivity contribution in [2.45, 2.75) is 44.2 Å². The van der Waals surface area contributed by atoms with Gasteiger partial charge in [0.15, 0.2) is 6.10 Å². The summed E-state index contributed by atoms with van der Waals surface area (Å²) in [6.45, 7) is 0.801. The molecule has 1 aromatic rings. The van der Waals surface area contributed by atoms with Crippen LogP contribution in [0.4, 0.5) is 10.5 Å². The number of nitrogens with zero attached hydrogens (tertiary/aromatic N) is 2. The van der Waals surface area contributed by atoms with Gasteiger partial charge in [-0.2, -0.15) is 5.26 Å². The van der Waals surface area contributed by atoms with Crippen LogP contribution in [0.25, 0.3) is 0 Å². The zero-order valence-electron chi connectivity index (χ0n) is 15.7. The monoisotopic (exact) mass is 418 g/mol. The molecular formula is C19H19ClN4O5. The Bertz CT molecular complexity index is 920. The van der Waals surface area contributed by atoms with Crippen LogP contribution in [0.5, 0.6) is 0 Å². The molecule has 4 amide bonds. The van der Waals surface area contributed by atoms with Gasteiger partial charge >= 0.3 is 12.0 Å². The van der Waals surface area contributed by atoms with Gasteiger partial charge in [0.2, 0.25) is 0 Å². The number of amides is 4. The fourth-order valence-corrected chi connectivity index (χ4v) is 3.70. The first-order valence-electron chi connectivity index (χ1n) is 9.10. The molecule has 0 radical (unpaired) electrons. The van der Waals surface area contributed by atoms with Crippen molar-refractivity contribution in [3.05, 3.63) is 28.8 Å². The van der Waals surface area contributed by atoms with E-state index in [0.717, 1.165) is 17.7 Å². The number of halogens is 1. The van der Waals surface area contributed by atoms with E-state index in [9.17, 15) is 19.2 Å². The second-order valence-electron chi connectivity index (χ2n) is 7.04. The van der Waals surface area contributed by atoms with Crippen LogP contribution >= 0.6 is 11.6 Å². The van der Waals surface area contributed by atoms with E-state index in [1.54, 1.807) is 0 Å². The third kappa shape index (κ3) is 4.17. The molecule has 1 aliphatic carbocycles. The Balaban J connectivity index is 1.55. The molecular weight excluding hydrogens is 400 g/mol. The minimum Gasteiger partial charge on any atom is -0.451 e. The van der Waals surface area contributed by atoms with Gasteiger partial charge in [0.25, 0.3) is 11.8 Å². The van der Waals surface area contributed by atoms with Crippen molar-refractivity contribution >= 4 is 41.1 Å². The van der Waals surface area contributed by atoms with E-state index >= 15 is 0 Å².